The summed E-state index contributed by atoms with van der Waals surface area (Å²) in [5.41, 5.74) is 12.8. The van der Waals surface area contributed by atoms with Gasteiger partial charge < -0.3 is 9.80 Å². The van der Waals surface area contributed by atoms with E-state index in [-0.39, 0.29) is 5.41 Å². The number of benzene rings is 7. The van der Waals surface area contributed by atoms with Gasteiger partial charge in [0, 0.05) is 60.7 Å². The second-order valence-corrected chi connectivity index (χ2v) is 14.3. The number of pyridine rings is 1. The van der Waals surface area contributed by atoms with Crippen molar-refractivity contribution < 1.29 is 0 Å². The molecule has 0 aliphatic heterocycles. The number of nitrogens with zero attached hydrogens (tertiary/aromatic N) is 3. The fourth-order valence-corrected chi connectivity index (χ4v) is 8.24. The molecule has 240 valence electrons. The van der Waals surface area contributed by atoms with E-state index in [1.165, 1.54) is 22.3 Å². The number of halogens is 1. The molecule has 50 heavy (non-hydrogen) atoms. The van der Waals surface area contributed by atoms with Gasteiger partial charge in [-0.25, -0.2) is 0 Å². The zero-order chi connectivity index (χ0) is 33.8. The molecule has 8 aromatic rings. The van der Waals surface area contributed by atoms with E-state index in [4.69, 9.17) is 4.98 Å². The molecule has 7 aromatic carbocycles. The van der Waals surface area contributed by atoms with Gasteiger partial charge in [-0.15, -0.1) is 0 Å². The topological polar surface area (TPSA) is 19.4 Å². The quantitative estimate of drug-likeness (QED) is 0.160. The Hall–Kier alpha value is -5.71. The standard InChI is InChI=1S/C46H34BrN3/c1-46(2)42-22-12-11-19-38(42)41-30-35(23-24-43(41)46)49(33-15-5-3-6-16-33)36-27-32(47)28-37(29-36)50(34-17-7-4-8-18-34)44-26-31-14-13-25-48-45(31)40-21-10-9-20-39(40)44/h3-30H,1-2H3. The lowest BCUT2D eigenvalue weighted by atomic mass is 9.82. The number of para-hydroxylation sites is 2. The molecule has 0 bridgehead atoms. The highest BCUT2D eigenvalue weighted by molar-refractivity contribution is 9.10. The second-order valence-electron chi connectivity index (χ2n) is 13.4. The van der Waals surface area contributed by atoms with Crippen LogP contribution in [0.25, 0.3) is 32.8 Å². The average Bonchev–Trinajstić information content (AvgIpc) is 3.38. The first kappa shape index (κ1) is 30.4. The van der Waals surface area contributed by atoms with Crippen molar-refractivity contribution in [2.75, 3.05) is 9.80 Å². The van der Waals surface area contributed by atoms with E-state index in [1.807, 2.05) is 12.3 Å². The van der Waals surface area contributed by atoms with Gasteiger partial charge in [-0.1, -0.05) is 127 Å². The number of rotatable bonds is 6. The van der Waals surface area contributed by atoms with Crippen molar-refractivity contribution in [3.63, 3.8) is 0 Å². The molecule has 0 fully saturated rings. The Morgan fingerprint density at radius 3 is 1.86 bits per heavy atom. The van der Waals surface area contributed by atoms with Crippen molar-refractivity contribution in [2.24, 2.45) is 0 Å². The van der Waals surface area contributed by atoms with Crippen LogP contribution in [0.3, 0.4) is 0 Å². The minimum atomic E-state index is -0.0562. The number of hydrogen-bond acceptors (Lipinski definition) is 3. The van der Waals surface area contributed by atoms with Crippen LogP contribution in [0.2, 0.25) is 0 Å². The summed E-state index contributed by atoms with van der Waals surface area (Å²) in [4.78, 5) is 9.53. The van der Waals surface area contributed by atoms with Crippen molar-refractivity contribution in [2.45, 2.75) is 19.3 Å². The van der Waals surface area contributed by atoms with E-state index in [1.54, 1.807) is 0 Å². The monoisotopic (exact) mass is 707 g/mol. The summed E-state index contributed by atoms with van der Waals surface area (Å²) >= 11 is 3.95. The summed E-state index contributed by atoms with van der Waals surface area (Å²) in [6, 6.07) is 58.9. The van der Waals surface area contributed by atoms with E-state index in [2.05, 4.69) is 197 Å². The zero-order valence-corrected chi connectivity index (χ0v) is 29.5. The summed E-state index contributed by atoms with van der Waals surface area (Å²) in [6.07, 6.45) is 1.88. The first-order valence-electron chi connectivity index (χ1n) is 17.0. The van der Waals surface area contributed by atoms with E-state index >= 15 is 0 Å². The van der Waals surface area contributed by atoms with Crippen LogP contribution in [0.5, 0.6) is 0 Å². The van der Waals surface area contributed by atoms with Crippen LogP contribution in [0.4, 0.5) is 34.1 Å². The summed E-state index contributed by atoms with van der Waals surface area (Å²) in [6.45, 7) is 4.66. The third-order valence-electron chi connectivity index (χ3n) is 10.1. The molecule has 0 saturated carbocycles. The Morgan fingerprint density at radius 2 is 1.10 bits per heavy atom. The molecule has 0 unspecified atom stereocenters. The fraction of sp³-hybridized carbons (Fsp3) is 0.0652. The van der Waals surface area contributed by atoms with Gasteiger partial charge in [-0.2, -0.15) is 0 Å². The molecular weight excluding hydrogens is 674 g/mol. The predicted octanol–water partition coefficient (Wildman–Crippen LogP) is 13.4. The Kier molecular flexibility index (Phi) is 7.29. The van der Waals surface area contributed by atoms with Crippen molar-refractivity contribution in [3.05, 3.63) is 186 Å². The third-order valence-corrected chi connectivity index (χ3v) is 10.5. The maximum atomic E-state index is 4.79. The second kappa shape index (κ2) is 12.0. The van der Waals surface area contributed by atoms with E-state index in [0.717, 1.165) is 60.3 Å². The average molecular weight is 709 g/mol. The molecule has 0 atom stereocenters. The predicted molar refractivity (Wildman–Crippen MR) is 214 cm³/mol. The van der Waals surface area contributed by atoms with Gasteiger partial charge in [0.05, 0.1) is 11.2 Å². The SMILES string of the molecule is CC1(C)c2ccccc2-c2cc(N(c3ccccc3)c3cc(Br)cc(N(c4ccccc4)c4cc5cccnc5c5ccccc45)c3)ccc21. The largest absolute Gasteiger partial charge is 0.310 e. The van der Waals surface area contributed by atoms with Crippen LogP contribution in [-0.4, -0.2) is 4.98 Å². The van der Waals surface area contributed by atoms with Crippen LogP contribution in [-0.2, 0) is 5.41 Å². The van der Waals surface area contributed by atoms with Gasteiger partial charge >= 0.3 is 0 Å². The van der Waals surface area contributed by atoms with Crippen molar-refractivity contribution in [1.82, 2.24) is 4.98 Å². The maximum absolute atomic E-state index is 4.79. The van der Waals surface area contributed by atoms with E-state index in [0.29, 0.717) is 0 Å². The summed E-state index contributed by atoms with van der Waals surface area (Å²) in [5, 5.41) is 3.37. The number of fused-ring (bicyclic) bond motifs is 6. The Morgan fingerprint density at radius 1 is 0.480 bits per heavy atom. The first-order chi connectivity index (χ1) is 24.5. The Labute approximate surface area is 301 Å². The van der Waals surface area contributed by atoms with Gasteiger partial charge in [0.1, 0.15) is 0 Å². The van der Waals surface area contributed by atoms with Crippen LogP contribution < -0.4 is 9.80 Å². The molecule has 0 spiro atoms. The number of anilines is 6. The van der Waals surface area contributed by atoms with Gasteiger partial charge in [0.2, 0.25) is 0 Å². The number of hydrogen-bond donors (Lipinski definition) is 0. The van der Waals surface area contributed by atoms with Crippen molar-refractivity contribution in [1.29, 1.82) is 0 Å². The molecule has 9 rings (SSSR count). The van der Waals surface area contributed by atoms with Crippen molar-refractivity contribution >= 4 is 71.7 Å². The summed E-state index contributed by atoms with van der Waals surface area (Å²) in [5.74, 6) is 0. The molecular formula is C46H34BrN3. The van der Waals surface area contributed by atoms with Crippen molar-refractivity contribution in [3.8, 4) is 11.1 Å². The van der Waals surface area contributed by atoms with Crippen LogP contribution in [0.1, 0.15) is 25.0 Å². The normalized spacial score (nSPS) is 12.9. The van der Waals surface area contributed by atoms with Crippen LogP contribution in [0.15, 0.2) is 174 Å². The van der Waals surface area contributed by atoms with E-state index < -0.39 is 0 Å². The molecule has 1 aliphatic rings. The van der Waals surface area contributed by atoms with Gasteiger partial charge in [0.15, 0.2) is 0 Å². The Balaban J connectivity index is 1.27. The van der Waals surface area contributed by atoms with E-state index in [9.17, 15) is 0 Å². The molecule has 0 N–H and O–H groups in total. The highest BCUT2D eigenvalue weighted by atomic mass is 79.9. The van der Waals surface area contributed by atoms with Crippen LogP contribution in [0, 0.1) is 0 Å². The first-order valence-corrected chi connectivity index (χ1v) is 17.8. The highest BCUT2D eigenvalue weighted by Gasteiger charge is 2.35. The maximum Gasteiger partial charge on any atom is 0.0781 e. The van der Waals surface area contributed by atoms with Crippen LogP contribution >= 0.6 is 15.9 Å². The molecule has 0 radical (unpaired) electrons. The summed E-state index contributed by atoms with van der Waals surface area (Å²) < 4.78 is 0.992. The lowest BCUT2D eigenvalue weighted by Gasteiger charge is -2.31. The molecule has 0 amide bonds. The number of aromatic nitrogens is 1. The molecule has 1 aromatic heterocycles. The zero-order valence-electron chi connectivity index (χ0n) is 27.9. The highest BCUT2D eigenvalue weighted by Crippen LogP contribution is 2.51. The van der Waals surface area contributed by atoms with Gasteiger partial charge in [0.25, 0.3) is 0 Å². The summed E-state index contributed by atoms with van der Waals surface area (Å²) in [7, 11) is 0. The fourth-order valence-electron chi connectivity index (χ4n) is 7.78. The third kappa shape index (κ3) is 4.98. The minimum Gasteiger partial charge on any atom is -0.310 e. The molecule has 3 nitrogen and oxygen atoms in total. The lowest BCUT2D eigenvalue weighted by Crippen LogP contribution is -2.16. The molecule has 0 saturated heterocycles. The smallest absolute Gasteiger partial charge is 0.0781 e. The molecule has 1 aliphatic carbocycles. The Bertz CT molecular complexity index is 2540. The van der Waals surface area contributed by atoms with Gasteiger partial charge in [-0.3, -0.25) is 4.98 Å². The minimum absolute atomic E-state index is 0.0562. The lowest BCUT2D eigenvalue weighted by molar-refractivity contribution is 0.660. The molecule has 4 heteroatoms. The molecule has 1 heterocycles. The van der Waals surface area contributed by atoms with Gasteiger partial charge in [-0.05, 0) is 89.0 Å².